The number of Topliss-reactive ketones (excluding diaryl/α,β-unsaturated/α-hetero) is 1. The fourth-order valence-electron chi connectivity index (χ4n) is 3.42. The van der Waals surface area contributed by atoms with Crippen LogP contribution in [0.1, 0.15) is 40.7 Å². The predicted molar refractivity (Wildman–Crippen MR) is 111 cm³/mol. The molecule has 148 valence electrons. The third-order valence-electron chi connectivity index (χ3n) is 4.92. The first kappa shape index (κ1) is 20.2. The molecule has 0 radical (unpaired) electrons. The Morgan fingerprint density at radius 3 is 2.76 bits per heavy atom. The van der Waals surface area contributed by atoms with Gasteiger partial charge in [0.25, 0.3) is 0 Å². The van der Waals surface area contributed by atoms with Crippen LogP contribution < -0.4 is 0 Å². The minimum atomic E-state index is -0.805. The standard InChI is InChI=1S/C23H23N3O3/c1-4-9-26-15(2)10-17(16(26)3)11-18(12-24)23(28)29-14-22(27)20-13-25-21-8-6-5-7-19(20)21/h5-8,10-11,13,25H,4,9,14H2,1-3H3. The van der Waals surface area contributed by atoms with Gasteiger partial charge in [-0.2, -0.15) is 5.26 Å². The van der Waals surface area contributed by atoms with Gasteiger partial charge in [0.15, 0.2) is 6.61 Å². The molecule has 0 aliphatic rings. The Balaban J connectivity index is 1.74. The van der Waals surface area contributed by atoms with Gasteiger partial charge < -0.3 is 14.3 Å². The summed E-state index contributed by atoms with van der Waals surface area (Å²) in [6.07, 6.45) is 4.11. The zero-order chi connectivity index (χ0) is 21.0. The van der Waals surface area contributed by atoms with Gasteiger partial charge in [-0.3, -0.25) is 4.79 Å². The molecule has 0 aliphatic carbocycles. The molecule has 6 nitrogen and oxygen atoms in total. The maximum Gasteiger partial charge on any atom is 0.349 e. The summed E-state index contributed by atoms with van der Waals surface area (Å²) in [7, 11) is 0. The number of nitriles is 1. The smallest absolute Gasteiger partial charge is 0.349 e. The quantitative estimate of drug-likeness (QED) is 0.282. The highest BCUT2D eigenvalue weighted by Crippen LogP contribution is 2.20. The number of ether oxygens (including phenoxy) is 1. The Morgan fingerprint density at radius 1 is 1.28 bits per heavy atom. The fraction of sp³-hybridized carbons (Fsp3) is 0.261. The van der Waals surface area contributed by atoms with Gasteiger partial charge in [-0.1, -0.05) is 25.1 Å². The molecule has 3 aromatic rings. The molecule has 1 aromatic carbocycles. The molecular formula is C23H23N3O3. The Hall–Kier alpha value is -3.59. The lowest BCUT2D eigenvalue weighted by Crippen LogP contribution is -2.15. The van der Waals surface area contributed by atoms with Crippen LogP contribution in [0.2, 0.25) is 0 Å². The van der Waals surface area contributed by atoms with Crippen LogP contribution >= 0.6 is 0 Å². The molecule has 0 bridgehead atoms. The second kappa shape index (κ2) is 8.61. The number of para-hydroxylation sites is 1. The first-order valence-electron chi connectivity index (χ1n) is 9.51. The van der Waals surface area contributed by atoms with Crippen LogP contribution in [0.4, 0.5) is 0 Å². The molecule has 0 atom stereocenters. The number of benzene rings is 1. The van der Waals surface area contributed by atoms with E-state index in [1.807, 2.05) is 50.2 Å². The van der Waals surface area contributed by atoms with E-state index in [4.69, 9.17) is 4.74 Å². The average Bonchev–Trinajstić information content (AvgIpc) is 3.26. The summed E-state index contributed by atoms with van der Waals surface area (Å²) >= 11 is 0. The Kier molecular flexibility index (Phi) is 5.99. The summed E-state index contributed by atoms with van der Waals surface area (Å²) in [4.78, 5) is 27.8. The van der Waals surface area contributed by atoms with E-state index in [0.717, 1.165) is 40.8 Å². The van der Waals surface area contributed by atoms with Crippen molar-refractivity contribution in [1.29, 1.82) is 5.26 Å². The number of fused-ring (bicyclic) bond motifs is 1. The monoisotopic (exact) mass is 389 g/mol. The topological polar surface area (TPSA) is 87.9 Å². The van der Waals surface area contributed by atoms with Gasteiger partial charge in [-0.15, -0.1) is 0 Å². The summed E-state index contributed by atoms with van der Waals surface area (Å²) in [6, 6.07) is 11.2. The Morgan fingerprint density at radius 2 is 2.03 bits per heavy atom. The molecule has 0 saturated carbocycles. The van der Waals surface area contributed by atoms with E-state index in [2.05, 4.69) is 16.5 Å². The maximum absolute atomic E-state index is 12.5. The van der Waals surface area contributed by atoms with Crippen LogP contribution in [0.3, 0.4) is 0 Å². The molecular weight excluding hydrogens is 366 g/mol. The van der Waals surface area contributed by atoms with Gasteiger partial charge in [0.2, 0.25) is 5.78 Å². The molecule has 29 heavy (non-hydrogen) atoms. The lowest BCUT2D eigenvalue weighted by Gasteiger charge is -2.07. The SMILES string of the molecule is CCCn1c(C)cc(C=C(C#N)C(=O)OCC(=O)c2c[nH]c3ccccc23)c1C. The van der Waals surface area contributed by atoms with Crippen molar-refractivity contribution in [3.05, 3.63) is 64.6 Å². The number of nitrogens with one attached hydrogen (secondary N) is 1. The van der Waals surface area contributed by atoms with Crippen molar-refractivity contribution in [3.8, 4) is 6.07 Å². The number of hydrogen-bond donors (Lipinski definition) is 1. The van der Waals surface area contributed by atoms with Gasteiger partial charge in [0.1, 0.15) is 11.6 Å². The van der Waals surface area contributed by atoms with Gasteiger partial charge in [-0.25, -0.2) is 4.79 Å². The van der Waals surface area contributed by atoms with Crippen LogP contribution in [-0.4, -0.2) is 27.9 Å². The molecule has 3 rings (SSSR count). The minimum Gasteiger partial charge on any atom is -0.453 e. The van der Waals surface area contributed by atoms with Gasteiger partial charge >= 0.3 is 5.97 Å². The van der Waals surface area contributed by atoms with Gasteiger partial charge in [-0.05, 0) is 44.0 Å². The zero-order valence-electron chi connectivity index (χ0n) is 16.8. The second-order valence-corrected chi connectivity index (χ2v) is 6.90. The number of H-pyrrole nitrogens is 1. The molecule has 2 aromatic heterocycles. The number of ketones is 1. The van der Waals surface area contributed by atoms with Crippen molar-refractivity contribution >= 4 is 28.7 Å². The lowest BCUT2D eigenvalue weighted by atomic mass is 10.1. The molecule has 0 amide bonds. The third-order valence-corrected chi connectivity index (χ3v) is 4.92. The van der Waals surface area contributed by atoms with E-state index < -0.39 is 12.6 Å². The van der Waals surface area contributed by atoms with Gasteiger partial charge in [0, 0.05) is 40.6 Å². The number of nitrogens with zero attached hydrogens (tertiary/aromatic N) is 2. The highest BCUT2D eigenvalue weighted by molar-refractivity contribution is 6.09. The first-order chi connectivity index (χ1) is 14.0. The zero-order valence-corrected chi connectivity index (χ0v) is 16.8. The molecule has 1 N–H and O–H groups in total. The highest BCUT2D eigenvalue weighted by Gasteiger charge is 2.17. The van der Waals surface area contributed by atoms with E-state index in [9.17, 15) is 14.9 Å². The van der Waals surface area contributed by atoms with Crippen molar-refractivity contribution in [3.63, 3.8) is 0 Å². The molecule has 0 aliphatic heterocycles. The lowest BCUT2D eigenvalue weighted by molar-refractivity contribution is -0.137. The Labute approximate surface area is 169 Å². The predicted octanol–water partition coefficient (Wildman–Crippen LogP) is 4.33. The van der Waals surface area contributed by atoms with E-state index in [1.165, 1.54) is 6.08 Å². The van der Waals surface area contributed by atoms with E-state index in [0.29, 0.717) is 5.56 Å². The minimum absolute atomic E-state index is 0.131. The van der Waals surface area contributed by atoms with Crippen molar-refractivity contribution < 1.29 is 14.3 Å². The van der Waals surface area contributed by atoms with Crippen LogP contribution in [-0.2, 0) is 16.1 Å². The maximum atomic E-state index is 12.5. The highest BCUT2D eigenvalue weighted by atomic mass is 16.5. The second-order valence-electron chi connectivity index (χ2n) is 6.90. The number of esters is 1. The fourth-order valence-corrected chi connectivity index (χ4v) is 3.42. The average molecular weight is 389 g/mol. The molecule has 0 fully saturated rings. The van der Waals surface area contributed by atoms with E-state index in [1.54, 1.807) is 6.20 Å². The summed E-state index contributed by atoms with van der Waals surface area (Å²) in [5.74, 6) is -1.13. The summed E-state index contributed by atoms with van der Waals surface area (Å²) in [5, 5.41) is 10.2. The van der Waals surface area contributed by atoms with Crippen molar-refractivity contribution in [2.45, 2.75) is 33.7 Å². The molecule has 0 saturated heterocycles. The number of aryl methyl sites for hydroxylation is 1. The number of carbonyl (C=O) groups is 2. The number of aromatic amines is 1. The van der Waals surface area contributed by atoms with Crippen LogP contribution in [0.5, 0.6) is 0 Å². The third kappa shape index (κ3) is 4.14. The van der Waals surface area contributed by atoms with E-state index >= 15 is 0 Å². The number of carbonyl (C=O) groups excluding carboxylic acids is 2. The van der Waals surface area contributed by atoms with Crippen LogP contribution in [0, 0.1) is 25.2 Å². The van der Waals surface area contributed by atoms with Crippen molar-refractivity contribution in [2.24, 2.45) is 0 Å². The number of rotatable bonds is 7. The van der Waals surface area contributed by atoms with Crippen molar-refractivity contribution in [2.75, 3.05) is 6.61 Å². The number of aromatic nitrogens is 2. The molecule has 0 unspecified atom stereocenters. The normalized spacial score (nSPS) is 11.4. The Bertz CT molecular complexity index is 1140. The van der Waals surface area contributed by atoms with Crippen LogP contribution in [0.15, 0.2) is 42.1 Å². The molecule has 6 heteroatoms. The largest absolute Gasteiger partial charge is 0.453 e. The summed E-state index contributed by atoms with van der Waals surface area (Å²) in [5.41, 5.74) is 4.01. The van der Waals surface area contributed by atoms with Crippen LogP contribution in [0.25, 0.3) is 17.0 Å². The van der Waals surface area contributed by atoms with E-state index in [-0.39, 0.29) is 11.4 Å². The first-order valence-corrected chi connectivity index (χ1v) is 9.51. The van der Waals surface area contributed by atoms with Crippen molar-refractivity contribution in [1.82, 2.24) is 9.55 Å². The molecule has 0 spiro atoms. The number of hydrogen-bond acceptors (Lipinski definition) is 4. The molecule has 2 heterocycles. The summed E-state index contributed by atoms with van der Waals surface area (Å²) in [6.45, 7) is 6.49. The van der Waals surface area contributed by atoms with Gasteiger partial charge in [0.05, 0.1) is 0 Å². The summed E-state index contributed by atoms with van der Waals surface area (Å²) < 4.78 is 7.27.